The Hall–Kier alpha value is -0.430. The second-order valence-electron chi connectivity index (χ2n) is 1.83. The van der Waals surface area contributed by atoms with Crippen LogP contribution >= 0.6 is 12.6 Å². The molecule has 0 aromatic rings. The summed E-state index contributed by atoms with van der Waals surface area (Å²) in [6, 6.07) is 0. The Morgan fingerprint density at radius 3 is 1.71 bits per heavy atom. The molecule has 0 nitrogen and oxygen atoms in total. The third-order valence-electron chi connectivity index (χ3n) is 0.738. The molecule has 0 heterocycles. The van der Waals surface area contributed by atoms with Crippen LogP contribution in [-0.2, 0) is 0 Å². The summed E-state index contributed by atoms with van der Waals surface area (Å²) in [5, 5.41) is 0. The Morgan fingerprint density at radius 1 is 1.14 bits per heavy atom. The number of rotatable bonds is 3. The Kier molecular flexibility index (Phi) is 65.2. The zero-order valence-electron chi connectivity index (χ0n) is 10.8. The molecule has 0 N–H and O–H groups in total. The van der Waals surface area contributed by atoms with Crippen molar-refractivity contribution in [1.82, 2.24) is 0 Å². The lowest BCUT2D eigenvalue weighted by atomic mass is 10.2. The van der Waals surface area contributed by atoms with Gasteiger partial charge in [-0.3, -0.25) is 0 Å². The monoisotopic (exact) mass is 216 g/mol. The van der Waals surface area contributed by atoms with Crippen molar-refractivity contribution < 1.29 is 0 Å². The van der Waals surface area contributed by atoms with Crippen molar-refractivity contribution in [2.45, 2.75) is 41.0 Å². The van der Waals surface area contributed by atoms with E-state index >= 15 is 0 Å². The van der Waals surface area contributed by atoms with Crippen LogP contribution in [0.25, 0.3) is 0 Å². The van der Waals surface area contributed by atoms with Gasteiger partial charge in [0.05, 0.1) is 0 Å². The second kappa shape index (κ2) is 39.0. The predicted octanol–water partition coefficient (Wildman–Crippen LogP) is 5.29. The van der Waals surface area contributed by atoms with E-state index in [9.17, 15) is 0 Å². The van der Waals surface area contributed by atoms with E-state index in [1.165, 1.54) is 5.57 Å². The van der Waals surface area contributed by atoms with Gasteiger partial charge in [-0.15, -0.1) is 0 Å². The Morgan fingerprint density at radius 2 is 1.50 bits per heavy atom. The van der Waals surface area contributed by atoms with E-state index in [4.69, 9.17) is 0 Å². The normalized spacial score (nSPS) is 6.79. The van der Waals surface area contributed by atoms with Crippen LogP contribution in [0.15, 0.2) is 37.0 Å². The first kappa shape index (κ1) is 23.4. The second-order valence-corrected chi connectivity index (χ2v) is 1.83. The molecule has 14 heavy (non-hydrogen) atoms. The highest BCUT2D eigenvalue weighted by Crippen LogP contribution is 1.95. The molecule has 0 spiro atoms. The average molecular weight is 216 g/mol. The first-order valence-electron chi connectivity index (χ1n) is 5.14. The van der Waals surface area contributed by atoms with Crippen LogP contribution in [-0.4, -0.2) is 6.26 Å². The minimum Gasteiger partial charge on any atom is -0.183 e. The molecule has 0 unspecified atom stereocenters. The molecule has 0 atom stereocenters. The number of hydrogen-bond donors (Lipinski definition) is 1. The van der Waals surface area contributed by atoms with Gasteiger partial charge in [-0.25, -0.2) is 0 Å². The zero-order valence-corrected chi connectivity index (χ0v) is 11.7. The lowest BCUT2D eigenvalue weighted by molar-refractivity contribution is 1.23. The van der Waals surface area contributed by atoms with Crippen molar-refractivity contribution in [2.24, 2.45) is 0 Å². The van der Waals surface area contributed by atoms with Gasteiger partial charge in [0, 0.05) is 0 Å². The molecule has 0 amide bonds. The summed E-state index contributed by atoms with van der Waals surface area (Å²) in [5.74, 6) is 0. The van der Waals surface area contributed by atoms with Crippen LogP contribution in [0.1, 0.15) is 41.0 Å². The lowest BCUT2D eigenvalue weighted by Crippen LogP contribution is -1.64. The standard InChI is InChI=1S/C8H12.2C2H6.CH4S/c1-4-5-6-7-8(2)3;3*1-2/h4-6H,1-2,7H2,3H3;2*1-2H3;2H,1H3/b6-5-;;;. The van der Waals surface area contributed by atoms with Crippen molar-refractivity contribution in [3.63, 3.8) is 0 Å². The Labute approximate surface area is 97.2 Å². The van der Waals surface area contributed by atoms with Gasteiger partial charge < -0.3 is 0 Å². The molecule has 0 radical (unpaired) electrons. The van der Waals surface area contributed by atoms with Crippen molar-refractivity contribution in [2.75, 3.05) is 6.26 Å². The highest BCUT2D eigenvalue weighted by atomic mass is 32.1. The minimum absolute atomic E-state index is 0.964. The quantitative estimate of drug-likeness (QED) is 0.370. The smallest absolute Gasteiger partial charge is 0.0141 e. The van der Waals surface area contributed by atoms with E-state index in [1.807, 2.05) is 46.8 Å². The van der Waals surface area contributed by atoms with Gasteiger partial charge in [0.1, 0.15) is 0 Å². The predicted molar refractivity (Wildman–Crippen MR) is 76.4 cm³/mol. The zero-order chi connectivity index (χ0) is 12.4. The largest absolute Gasteiger partial charge is 0.183 e. The Bertz CT molecular complexity index is 112. The fourth-order valence-electron chi connectivity index (χ4n) is 0.365. The van der Waals surface area contributed by atoms with Crippen LogP contribution < -0.4 is 0 Å². The molecule has 0 saturated heterocycles. The topological polar surface area (TPSA) is 0 Å². The Balaban J connectivity index is -0.0000000708. The molecule has 1 heteroatoms. The molecule has 0 aromatic carbocycles. The molecule has 0 rings (SSSR count). The molecule has 0 fully saturated rings. The number of hydrogen-bond acceptors (Lipinski definition) is 1. The average Bonchev–Trinajstić information content (AvgIpc) is 2.27. The fourth-order valence-corrected chi connectivity index (χ4v) is 0.365. The fraction of sp³-hybridized carbons (Fsp3) is 0.538. The molecule has 0 bridgehead atoms. The summed E-state index contributed by atoms with van der Waals surface area (Å²) in [5.41, 5.74) is 1.18. The van der Waals surface area contributed by atoms with Crippen LogP contribution in [0.2, 0.25) is 0 Å². The lowest BCUT2D eigenvalue weighted by Gasteiger charge is -1.85. The highest BCUT2D eigenvalue weighted by Gasteiger charge is 1.74. The van der Waals surface area contributed by atoms with Gasteiger partial charge in [0.15, 0.2) is 0 Å². The van der Waals surface area contributed by atoms with Crippen LogP contribution in [0.5, 0.6) is 0 Å². The minimum atomic E-state index is 0.964. The molecular weight excluding hydrogens is 188 g/mol. The summed E-state index contributed by atoms with van der Waals surface area (Å²) in [4.78, 5) is 0. The molecule has 0 aliphatic heterocycles. The first-order valence-corrected chi connectivity index (χ1v) is 6.03. The van der Waals surface area contributed by atoms with Gasteiger partial charge >= 0.3 is 0 Å². The van der Waals surface area contributed by atoms with Crippen molar-refractivity contribution in [3.8, 4) is 0 Å². The molecular formula is C13H28S. The number of thiol groups is 1. The highest BCUT2D eigenvalue weighted by molar-refractivity contribution is 7.79. The SMILES string of the molecule is C=C/C=C\CC(=C)C.CC.CC.CS. The van der Waals surface area contributed by atoms with Gasteiger partial charge in [-0.2, -0.15) is 12.6 Å². The van der Waals surface area contributed by atoms with Crippen LogP contribution in [0.3, 0.4) is 0 Å². The summed E-state index contributed by atoms with van der Waals surface area (Å²) >= 11 is 3.53. The third kappa shape index (κ3) is 61.9. The van der Waals surface area contributed by atoms with E-state index in [0.29, 0.717) is 0 Å². The summed E-state index contributed by atoms with van der Waals surface area (Å²) < 4.78 is 0. The molecule has 0 aliphatic rings. The van der Waals surface area contributed by atoms with Gasteiger partial charge in [0.25, 0.3) is 0 Å². The summed E-state index contributed by atoms with van der Waals surface area (Å²) in [7, 11) is 0. The van der Waals surface area contributed by atoms with E-state index < -0.39 is 0 Å². The van der Waals surface area contributed by atoms with E-state index in [2.05, 4.69) is 25.8 Å². The number of allylic oxidation sites excluding steroid dienone is 4. The molecule has 0 saturated carbocycles. The first-order chi connectivity index (χ1) is 6.77. The van der Waals surface area contributed by atoms with Gasteiger partial charge in [-0.05, 0) is 19.6 Å². The van der Waals surface area contributed by atoms with Crippen molar-refractivity contribution in [1.29, 1.82) is 0 Å². The van der Waals surface area contributed by atoms with Crippen LogP contribution in [0.4, 0.5) is 0 Å². The summed E-state index contributed by atoms with van der Waals surface area (Å²) in [6.07, 6.45) is 8.39. The molecule has 0 aliphatic carbocycles. The molecule has 86 valence electrons. The maximum Gasteiger partial charge on any atom is -0.0141 e. The third-order valence-corrected chi connectivity index (χ3v) is 0.738. The molecule has 0 aromatic heterocycles. The van der Waals surface area contributed by atoms with E-state index in [0.717, 1.165) is 6.42 Å². The summed E-state index contributed by atoms with van der Waals surface area (Å²) in [6.45, 7) is 17.3. The maximum absolute atomic E-state index is 3.74. The van der Waals surface area contributed by atoms with Crippen LogP contribution in [0, 0.1) is 0 Å². The van der Waals surface area contributed by atoms with Crippen molar-refractivity contribution in [3.05, 3.63) is 37.0 Å². The maximum atomic E-state index is 3.74. The van der Waals surface area contributed by atoms with Gasteiger partial charge in [0.2, 0.25) is 0 Å². The van der Waals surface area contributed by atoms with E-state index in [-0.39, 0.29) is 0 Å². The van der Waals surface area contributed by atoms with Gasteiger partial charge in [-0.1, -0.05) is 64.7 Å². The van der Waals surface area contributed by atoms with E-state index in [1.54, 1.807) is 12.3 Å². The van der Waals surface area contributed by atoms with Crippen molar-refractivity contribution >= 4 is 12.6 Å².